The lowest BCUT2D eigenvalue weighted by Gasteiger charge is -2.25. The molecule has 0 saturated carbocycles. The SMILES string of the molecule is CCCCOc1nc(N(Cc2ccc(OC)cc2)Cc2ccc(OC)cc2)c2ncc(C(O)c3ccc(Cn4cncn4)cc3)n2n1. The molecule has 0 aliphatic rings. The molecule has 3 heterocycles. The quantitative estimate of drug-likeness (QED) is 0.150. The number of hydrogen-bond acceptors (Lipinski definition) is 10. The van der Waals surface area contributed by atoms with Gasteiger partial charge in [0.2, 0.25) is 0 Å². The highest BCUT2D eigenvalue weighted by atomic mass is 16.5. The van der Waals surface area contributed by atoms with Gasteiger partial charge >= 0.3 is 6.01 Å². The minimum atomic E-state index is -0.992. The first-order chi connectivity index (χ1) is 23.0. The van der Waals surface area contributed by atoms with Gasteiger partial charge in [0.1, 0.15) is 30.3 Å². The van der Waals surface area contributed by atoms with E-state index >= 15 is 0 Å². The first kappa shape index (κ1) is 31.5. The van der Waals surface area contributed by atoms with Gasteiger partial charge in [0.15, 0.2) is 11.5 Å². The highest BCUT2D eigenvalue weighted by Gasteiger charge is 2.24. The number of aliphatic hydroxyl groups is 1. The third kappa shape index (κ3) is 7.50. The Morgan fingerprint density at radius 2 is 1.49 bits per heavy atom. The van der Waals surface area contributed by atoms with Crippen molar-refractivity contribution in [1.29, 1.82) is 0 Å². The number of benzene rings is 3. The number of aliphatic hydroxyl groups excluding tert-OH is 1. The second kappa shape index (κ2) is 14.7. The molecule has 1 unspecified atom stereocenters. The fourth-order valence-electron chi connectivity index (χ4n) is 5.22. The summed E-state index contributed by atoms with van der Waals surface area (Å²) in [6, 6.07) is 23.8. The van der Waals surface area contributed by atoms with Gasteiger partial charge < -0.3 is 24.2 Å². The lowest BCUT2D eigenvalue weighted by molar-refractivity contribution is 0.211. The van der Waals surface area contributed by atoms with Crippen LogP contribution in [0, 0.1) is 0 Å². The minimum Gasteiger partial charge on any atom is -0.497 e. The Kier molecular flexibility index (Phi) is 9.87. The van der Waals surface area contributed by atoms with Crippen LogP contribution in [0.1, 0.15) is 53.8 Å². The Morgan fingerprint density at radius 1 is 0.851 bits per heavy atom. The van der Waals surface area contributed by atoms with Crippen LogP contribution in [-0.4, -0.2) is 60.3 Å². The number of rotatable bonds is 15. The van der Waals surface area contributed by atoms with Gasteiger partial charge in [-0.25, -0.2) is 19.2 Å². The highest BCUT2D eigenvalue weighted by molar-refractivity contribution is 5.65. The normalized spacial score (nSPS) is 11.8. The van der Waals surface area contributed by atoms with E-state index < -0.39 is 6.10 Å². The topological polar surface area (TPSA) is 125 Å². The van der Waals surface area contributed by atoms with Crippen molar-refractivity contribution in [3.8, 4) is 17.5 Å². The third-order valence-corrected chi connectivity index (χ3v) is 7.83. The number of nitrogens with zero attached hydrogens (tertiary/aromatic N) is 8. The molecule has 12 heteroatoms. The molecule has 1 N–H and O–H groups in total. The molecule has 0 aliphatic carbocycles. The zero-order valence-corrected chi connectivity index (χ0v) is 26.7. The zero-order chi connectivity index (χ0) is 32.6. The molecular weight excluding hydrogens is 596 g/mol. The maximum atomic E-state index is 11.6. The van der Waals surface area contributed by atoms with Crippen LogP contribution in [0.4, 0.5) is 5.82 Å². The van der Waals surface area contributed by atoms with Crippen LogP contribution in [0.15, 0.2) is 91.6 Å². The molecule has 12 nitrogen and oxygen atoms in total. The van der Waals surface area contributed by atoms with Crippen LogP contribution in [0.5, 0.6) is 17.5 Å². The minimum absolute atomic E-state index is 0.213. The van der Waals surface area contributed by atoms with Crippen molar-refractivity contribution >= 4 is 11.5 Å². The maximum absolute atomic E-state index is 11.6. The molecule has 6 aromatic rings. The maximum Gasteiger partial charge on any atom is 0.336 e. The van der Waals surface area contributed by atoms with Crippen molar-refractivity contribution < 1.29 is 19.3 Å². The van der Waals surface area contributed by atoms with Crippen LogP contribution >= 0.6 is 0 Å². The highest BCUT2D eigenvalue weighted by Crippen LogP contribution is 2.30. The van der Waals surface area contributed by atoms with E-state index in [1.165, 1.54) is 6.33 Å². The van der Waals surface area contributed by atoms with Gasteiger partial charge in [0.05, 0.1) is 39.3 Å². The molecule has 0 radical (unpaired) electrons. The number of fused-ring (bicyclic) bond motifs is 1. The van der Waals surface area contributed by atoms with E-state index in [-0.39, 0.29) is 6.01 Å². The standard InChI is InChI=1S/C35H38N8O4/c1-4-5-18-47-35-39-34(41(20-25-8-14-29(45-2)15-9-25)21-26-10-16-30(46-3)17-11-26)33-37-19-31(43(33)40-35)32(44)28-12-6-27(7-13-28)22-42-24-36-23-38-42/h6-17,19,23-24,32,44H,4-5,18,20-22H2,1-3H3. The molecule has 0 fully saturated rings. The van der Waals surface area contributed by atoms with E-state index in [9.17, 15) is 5.11 Å². The molecule has 0 saturated heterocycles. The smallest absolute Gasteiger partial charge is 0.336 e. The van der Waals surface area contributed by atoms with E-state index in [4.69, 9.17) is 29.3 Å². The number of hydrogen-bond donors (Lipinski definition) is 1. The van der Waals surface area contributed by atoms with Crippen molar-refractivity contribution in [2.24, 2.45) is 0 Å². The summed E-state index contributed by atoms with van der Waals surface area (Å²) in [5.41, 5.74) is 4.86. The average Bonchev–Trinajstić information content (AvgIpc) is 3.79. The Hall–Kier alpha value is -5.49. The summed E-state index contributed by atoms with van der Waals surface area (Å²) >= 11 is 0. The molecule has 47 heavy (non-hydrogen) atoms. The predicted octanol–water partition coefficient (Wildman–Crippen LogP) is 5.25. The summed E-state index contributed by atoms with van der Waals surface area (Å²) in [5.74, 6) is 2.15. The van der Waals surface area contributed by atoms with Crippen LogP contribution in [-0.2, 0) is 19.6 Å². The molecule has 0 bridgehead atoms. The van der Waals surface area contributed by atoms with E-state index in [0.717, 1.165) is 41.0 Å². The van der Waals surface area contributed by atoms with Crippen molar-refractivity contribution in [3.63, 3.8) is 0 Å². The predicted molar refractivity (Wildman–Crippen MR) is 177 cm³/mol. The zero-order valence-electron chi connectivity index (χ0n) is 26.7. The number of ether oxygens (including phenoxy) is 3. The average molecular weight is 635 g/mol. The van der Waals surface area contributed by atoms with Crippen molar-refractivity contribution in [1.82, 2.24) is 34.3 Å². The van der Waals surface area contributed by atoms with E-state index in [1.54, 1.807) is 35.9 Å². The van der Waals surface area contributed by atoms with Gasteiger partial charge in [-0.05, 0) is 52.9 Å². The first-order valence-corrected chi connectivity index (χ1v) is 15.5. The Labute approximate surface area is 273 Å². The Balaban J connectivity index is 1.38. The molecule has 0 amide bonds. The number of methoxy groups -OCH3 is 2. The summed E-state index contributed by atoms with van der Waals surface area (Å²) in [7, 11) is 3.31. The summed E-state index contributed by atoms with van der Waals surface area (Å²) in [6.45, 7) is 4.20. The third-order valence-electron chi connectivity index (χ3n) is 7.83. The summed E-state index contributed by atoms with van der Waals surface area (Å²) in [5, 5.41) is 20.5. The van der Waals surface area contributed by atoms with Crippen molar-refractivity contribution in [2.75, 3.05) is 25.7 Å². The van der Waals surface area contributed by atoms with Gasteiger partial charge in [-0.2, -0.15) is 10.1 Å². The summed E-state index contributed by atoms with van der Waals surface area (Å²) in [6.07, 6.45) is 5.67. The molecule has 0 spiro atoms. The molecule has 3 aromatic carbocycles. The largest absolute Gasteiger partial charge is 0.497 e. The lowest BCUT2D eigenvalue weighted by atomic mass is 10.1. The molecule has 242 valence electrons. The summed E-state index contributed by atoms with van der Waals surface area (Å²) < 4.78 is 20.2. The second-order valence-electron chi connectivity index (χ2n) is 11.1. The second-order valence-corrected chi connectivity index (χ2v) is 11.1. The van der Waals surface area contributed by atoms with Crippen LogP contribution in [0.2, 0.25) is 0 Å². The van der Waals surface area contributed by atoms with Gasteiger partial charge in [-0.3, -0.25) is 0 Å². The van der Waals surface area contributed by atoms with Crippen LogP contribution < -0.4 is 19.1 Å². The fraction of sp³-hybridized carbons (Fsp3) is 0.286. The molecule has 6 rings (SSSR count). The molecule has 1 atom stereocenters. The van der Waals surface area contributed by atoms with Gasteiger partial charge in [0.25, 0.3) is 0 Å². The molecule has 3 aromatic heterocycles. The van der Waals surface area contributed by atoms with Gasteiger partial charge in [-0.1, -0.05) is 61.9 Å². The molecular formula is C35H38N8O4. The van der Waals surface area contributed by atoms with Crippen LogP contribution in [0.3, 0.4) is 0 Å². The Bertz CT molecular complexity index is 1810. The van der Waals surface area contributed by atoms with E-state index in [2.05, 4.69) is 21.9 Å². The molecule has 0 aliphatic heterocycles. The number of imidazole rings is 1. The van der Waals surface area contributed by atoms with Gasteiger partial charge in [-0.15, -0.1) is 5.10 Å². The fourth-order valence-corrected chi connectivity index (χ4v) is 5.22. The van der Waals surface area contributed by atoms with Crippen LogP contribution in [0.25, 0.3) is 5.65 Å². The van der Waals surface area contributed by atoms with Crippen molar-refractivity contribution in [3.05, 3.63) is 120 Å². The number of anilines is 1. The lowest BCUT2D eigenvalue weighted by Crippen LogP contribution is -2.25. The van der Waals surface area contributed by atoms with Crippen molar-refractivity contribution in [2.45, 2.75) is 45.5 Å². The van der Waals surface area contributed by atoms with E-state index in [0.29, 0.717) is 49.0 Å². The monoisotopic (exact) mass is 634 g/mol. The van der Waals surface area contributed by atoms with Gasteiger partial charge in [0, 0.05) is 13.1 Å². The number of unbranched alkanes of at least 4 members (excludes halogenated alkanes) is 1. The van der Waals surface area contributed by atoms with E-state index in [1.807, 2.05) is 72.8 Å². The summed E-state index contributed by atoms with van der Waals surface area (Å²) in [4.78, 5) is 15.8. The first-order valence-electron chi connectivity index (χ1n) is 15.5. The Morgan fingerprint density at radius 3 is 2.06 bits per heavy atom. The number of aromatic nitrogens is 7.